The molecule has 25 heavy (non-hydrogen) atoms. The third kappa shape index (κ3) is 5.42. The molecule has 2 nitrogen and oxygen atoms in total. The Kier molecular flexibility index (Phi) is 6.71. The Hall–Kier alpha value is -1.13. The fourth-order valence-corrected chi connectivity index (χ4v) is 4.50. The molecule has 0 heterocycles. The van der Waals surface area contributed by atoms with E-state index in [-0.39, 0.29) is 0 Å². The van der Waals surface area contributed by atoms with Crippen LogP contribution >= 0.6 is 31.9 Å². The quantitative estimate of drug-likeness (QED) is 0.443. The molecule has 1 saturated carbocycles. The van der Waals surface area contributed by atoms with Gasteiger partial charge in [0.1, 0.15) is 12.4 Å². The Balaban J connectivity index is 1.67. The van der Waals surface area contributed by atoms with Crippen LogP contribution in [0.3, 0.4) is 0 Å². The zero-order valence-corrected chi connectivity index (χ0v) is 17.6. The number of nitrogens with zero attached hydrogens (tertiary/aromatic N) is 1. The molecule has 0 atom stereocenters. The molecule has 0 aliphatic heterocycles. The number of benzene rings is 2. The van der Waals surface area contributed by atoms with Crippen molar-refractivity contribution < 1.29 is 4.74 Å². The molecule has 0 aromatic heterocycles. The van der Waals surface area contributed by atoms with Crippen molar-refractivity contribution >= 4 is 38.1 Å². The van der Waals surface area contributed by atoms with Crippen molar-refractivity contribution in [2.75, 3.05) is 0 Å². The Morgan fingerprint density at radius 1 is 1.04 bits per heavy atom. The maximum atomic E-state index is 6.00. The summed E-state index contributed by atoms with van der Waals surface area (Å²) in [6.45, 7) is 2.64. The fourth-order valence-electron chi connectivity index (χ4n) is 3.05. The van der Waals surface area contributed by atoms with Gasteiger partial charge in [-0.2, -0.15) is 0 Å². The molecular weight excluding hydrogens is 442 g/mol. The summed E-state index contributed by atoms with van der Waals surface area (Å²) in [4.78, 5) is 4.76. The monoisotopic (exact) mass is 463 g/mol. The summed E-state index contributed by atoms with van der Waals surface area (Å²) in [5.74, 6) is 0.829. The van der Waals surface area contributed by atoms with Crippen LogP contribution in [0.5, 0.6) is 5.75 Å². The number of hydrogen-bond acceptors (Lipinski definition) is 2. The van der Waals surface area contributed by atoms with Crippen molar-refractivity contribution in [2.45, 2.75) is 51.7 Å². The van der Waals surface area contributed by atoms with Gasteiger partial charge in [-0.15, -0.1) is 0 Å². The van der Waals surface area contributed by atoms with E-state index in [1.165, 1.54) is 37.7 Å². The van der Waals surface area contributed by atoms with Crippen LogP contribution in [0.1, 0.15) is 48.8 Å². The van der Waals surface area contributed by atoms with Crippen LogP contribution < -0.4 is 4.74 Å². The van der Waals surface area contributed by atoms with Crippen molar-refractivity contribution in [3.8, 4) is 5.75 Å². The van der Waals surface area contributed by atoms with Gasteiger partial charge in [0, 0.05) is 12.3 Å². The molecule has 0 unspecified atom stereocenters. The van der Waals surface area contributed by atoms with E-state index >= 15 is 0 Å². The predicted octanol–water partition coefficient (Wildman–Crippen LogP) is 6.85. The van der Waals surface area contributed by atoms with Gasteiger partial charge in [-0.05, 0) is 74.9 Å². The molecule has 4 heteroatoms. The van der Waals surface area contributed by atoms with E-state index in [0.717, 1.165) is 25.8 Å². The van der Waals surface area contributed by atoms with Crippen LogP contribution in [0.2, 0.25) is 0 Å². The zero-order valence-electron chi connectivity index (χ0n) is 14.5. The second kappa shape index (κ2) is 9.00. The normalized spacial score (nSPS) is 15.6. The molecule has 0 bridgehead atoms. The molecule has 0 spiro atoms. The highest BCUT2D eigenvalue weighted by molar-refractivity contribution is 9.11. The van der Waals surface area contributed by atoms with Gasteiger partial charge in [0.15, 0.2) is 0 Å². The highest BCUT2D eigenvalue weighted by Crippen LogP contribution is 2.35. The van der Waals surface area contributed by atoms with Crippen molar-refractivity contribution in [3.63, 3.8) is 0 Å². The van der Waals surface area contributed by atoms with Crippen molar-refractivity contribution in [3.05, 3.63) is 62.0 Å². The van der Waals surface area contributed by atoms with Crippen molar-refractivity contribution in [1.82, 2.24) is 0 Å². The minimum atomic E-state index is 0.490. The van der Waals surface area contributed by atoms with Gasteiger partial charge in [-0.25, -0.2) is 0 Å². The van der Waals surface area contributed by atoms with E-state index in [0.29, 0.717) is 12.6 Å². The molecule has 2 aromatic carbocycles. The highest BCUT2D eigenvalue weighted by atomic mass is 79.9. The summed E-state index contributed by atoms with van der Waals surface area (Å²) < 4.78 is 7.89. The summed E-state index contributed by atoms with van der Waals surface area (Å²) >= 11 is 7.26. The second-order valence-corrected chi connectivity index (χ2v) is 8.37. The number of ether oxygens (including phenoxy) is 1. The van der Waals surface area contributed by atoms with Gasteiger partial charge in [0.05, 0.1) is 8.95 Å². The molecule has 1 aliphatic carbocycles. The fraction of sp³-hybridized carbons (Fsp3) is 0.381. The number of aliphatic imine (C=N–C) groups is 1. The van der Waals surface area contributed by atoms with Gasteiger partial charge >= 0.3 is 0 Å². The third-order valence-electron chi connectivity index (χ3n) is 4.53. The van der Waals surface area contributed by atoms with Crippen LogP contribution in [-0.2, 0) is 6.61 Å². The van der Waals surface area contributed by atoms with E-state index in [1.807, 2.05) is 6.21 Å². The lowest BCUT2D eigenvalue weighted by atomic mass is 9.96. The summed E-state index contributed by atoms with van der Waals surface area (Å²) in [7, 11) is 0. The summed E-state index contributed by atoms with van der Waals surface area (Å²) in [5, 5.41) is 0. The molecular formula is C21H23Br2NO. The number of hydrogen-bond donors (Lipinski definition) is 0. The van der Waals surface area contributed by atoms with E-state index in [9.17, 15) is 0 Å². The lowest BCUT2D eigenvalue weighted by Crippen LogP contribution is -2.09. The highest BCUT2D eigenvalue weighted by Gasteiger charge is 2.12. The third-order valence-corrected chi connectivity index (χ3v) is 5.71. The van der Waals surface area contributed by atoms with Gasteiger partial charge in [-0.3, -0.25) is 4.99 Å². The molecule has 1 fully saturated rings. The maximum absolute atomic E-state index is 6.00. The predicted molar refractivity (Wildman–Crippen MR) is 112 cm³/mol. The summed E-state index contributed by atoms with van der Waals surface area (Å²) in [5.41, 5.74) is 3.51. The first kappa shape index (κ1) is 18.7. The zero-order chi connectivity index (χ0) is 17.6. The van der Waals surface area contributed by atoms with Gasteiger partial charge in [0.2, 0.25) is 0 Å². The van der Waals surface area contributed by atoms with Crippen LogP contribution in [0.25, 0.3) is 0 Å². The smallest absolute Gasteiger partial charge is 0.148 e. The van der Waals surface area contributed by atoms with E-state index in [4.69, 9.17) is 9.73 Å². The van der Waals surface area contributed by atoms with E-state index in [2.05, 4.69) is 75.2 Å². The second-order valence-electron chi connectivity index (χ2n) is 6.66. The summed E-state index contributed by atoms with van der Waals surface area (Å²) in [6.07, 6.45) is 8.40. The van der Waals surface area contributed by atoms with Gasteiger partial charge in [-0.1, -0.05) is 49.1 Å². The molecule has 0 amide bonds. The van der Waals surface area contributed by atoms with E-state index < -0.39 is 0 Å². The minimum Gasteiger partial charge on any atom is -0.487 e. The molecule has 0 saturated heterocycles. The Morgan fingerprint density at radius 3 is 2.32 bits per heavy atom. The lowest BCUT2D eigenvalue weighted by molar-refractivity contribution is 0.302. The molecule has 132 valence electrons. The Bertz CT molecular complexity index is 711. The molecule has 2 aromatic rings. The molecule has 0 N–H and O–H groups in total. The largest absolute Gasteiger partial charge is 0.487 e. The van der Waals surface area contributed by atoms with Gasteiger partial charge < -0.3 is 4.74 Å². The van der Waals surface area contributed by atoms with E-state index in [1.54, 1.807) is 0 Å². The first-order valence-electron chi connectivity index (χ1n) is 8.82. The topological polar surface area (TPSA) is 21.6 Å². The van der Waals surface area contributed by atoms with Crippen LogP contribution in [0.4, 0.5) is 0 Å². The first-order valence-corrected chi connectivity index (χ1v) is 10.4. The number of rotatable bonds is 5. The van der Waals surface area contributed by atoms with Crippen LogP contribution in [0, 0.1) is 6.92 Å². The summed E-state index contributed by atoms with van der Waals surface area (Å²) in [6, 6.07) is 13.0. The molecule has 0 radical (unpaired) electrons. The number of aryl methyl sites for hydroxylation is 1. The van der Waals surface area contributed by atoms with Crippen LogP contribution in [-0.4, -0.2) is 12.3 Å². The average Bonchev–Trinajstić information content (AvgIpc) is 2.62. The number of halogens is 2. The maximum Gasteiger partial charge on any atom is 0.148 e. The van der Waals surface area contributed by atoms with Crippen molar-refractivity contribution in [1.29, 1.82) is 0 Å². The molecule has 3 rings (SSSR count). The SMILES string of the molecule is Cc1ccc(COc2c(Br)cc(C=NC3CCCCC3)cc2Br)cc1. The Morgan fingerprint density at radius 2 is 1.68 bits per heavy atom. The minimum absolute atomic E-state index is 0.490. The molecule has 1 aliphatic rings. The van der Waals surface area contributed by atoms with Crippen LogP contribution in [0.15, 0.2) is 50.3 Å². The lowest BCUT2D eigenvalue weighted by Gasteiger charge is -2.17. The van der Waals surface area contributed by atoms with Crippen molar-refractivity contribution in [2.24, 2.45) is 4.99 Å². The van der Waals surface area contributed by atoms with Gasteiger partial charge in [0.25, 0.3) is 0 Å². The average molecular weight is 465 g/mol. The first-order chi connectivity index (χ1) is 12.1. The standard InChI is InChI=1S/C21H23Br2NO/c1-15-7-9-16(10-8-15)14-25-21-19(22)11-17(12-20(21)23)13-24-18-5-3-2-4-6-18/h7-13,18H,2-6,14H2,1H3. The Labute approximate surface area is 167 Å².